The summed E-state index contributed by atoms with van der Waals surface area (Å²) in [5.41, 5.74) is 2.37. The average molecular weight is 396 g/mol. The van der Waals surface area contributed by atoms with Crippen LogP contribution < -0.4 is 4.74 Å². The van der Waals surface area contributed by atoms with Crippen LogP contribution in [-0.4, -0.2) is 57.9 Å². The van der Waals surface area contributed by atoms with E-state index < -0.39 is 0 Å². The van der Waals surface area contributed by atoms with E-state index in [2.05, 4.69) is 50.2 Å². The molecule has 1 aliphatic rings. The number of nitrogens with one attached hydrogen (secondary N) is 1. The summed E-state index contributed by atoms with van der Waals surface area (Å²) in [5.74, 6) is 1.62. The molecule has 0 atom stereocenters. The summed E-state index contributed by atoms with van der Waals surface area (Å²) < 4.78 is 7.74. The van der Waals surface area contributed by atoms with Gasteiger partial charge in [0.2, 0.25) is 4.77 Å². The summed E-state index contributed by atoms with van der Waals surface area (Å²) in [6.07, 6.45) is 0. The quantitative estimate of drug-likeness (QED) is 0.649. The van der Waals surface area contributed by atoms with Gasteiger partial charge in [-0.25, -0.2) is 4.68 Å². The van der Waals surface area contributed by atoms with Crippen molar-refractivity contribution in [2.24, 2.45) is 0 Å². The first kappa shape index (κ1) is 18.9. The van der Waals surface area contributed by atoms with Crippen LogP contribution in [0, 0.1) is 4.77 Å². The Balaban J connectivity index is 1.35. The molecule has 146 valence electrons. The fourth-order valence-corrected chi connectivity index (χ4v) is 3.66. The Morgan fingerprint density at radius 1 is 0.964 bits per heavy atom. The zero-order valence-electron chi connectivity index (χ0n) is 16.0. The van der Waals surface area contributed by atoms with Crippen molar-refractivity contribution in [2.75, 3.05) is 33.3 Å². The molecule has 28 heavy (non-hydrogen) atoms. The lowest BCUT2D eigenvalue weighted by Crippen LogP contribution is -2.46. The van der Waals surface area contributed by atoms with E-state index >= 15 is 0 Å². The number of piperazine rings is 1. The molecule has 3 aromatic rings. The summed E-state index contributed by atoms with van der Waals surface area (Å²) in [6.45, 7) is 5.90. The molecule has 0 unspecified atom stereocenters. The molecule has 0 bridgehead atoms. The topological polar surface area (TPSA) is 49.3 Å². The fraction of sp³-hybridized carbons (Fsp3) is 0.333. The number of H-pyrrole nitrogens is 1. The van der Waals surface area contributed by atoms with Gasteiger partial charge in [-0.3, -0.25) is 14.9 Å². The number of rotatable bonds is 6. The maximum absolute atomic E-state index is 5.46. The van der Waals surface area contributed by atoms with Gasteiger partial charge in [0, 0.05) is 38.3 Å². The van der Waals surface area contributed by atoms with Crippen molar-refractivity contribution in [3.05, 3.63) is 64.9 Å². The van der Waals surface area contributed by atoms with Crippen LogP contribution >= 0.6 is 12.2 Å². The number of methoxy groups -OCH3 is 1. The van der Waals surface area contributed by atoms with Gasteiger partial charge in [-0.15, -0.1) is 0 Å². The molecule has 7 heteroatoms. The monoisotopic (exact) mass is 395 g/mol. The third kappa shape index (κ3) is 4.49. The molecule has 2 heterocycles. The summed E-state index contributed by atoms with van der Waals surface area (Å²) in [5, 5.41) is 3.34. The summed E-state index contributed by atoms with van der Waals surface area (Å²) in [7, 11) is 1.66. The molecule has 6 nitrogen and oxygen atoms in total. The second-order valence-corrected chi connectivity index (χ2v) is 7.40. The molecule has 1 aliphatic heterocycles. The van der Waals surface area contributed by atoms with Gasteiger partial charge in [-0.2, -0.15) is 4.98 Å². The van der Waals surface area contributed by atoms with Crippen LogP contribution in [0.3, 0.4) is 0 Å². The van der Waals surface area contributed by atoms with Gasteiger partial charge in [-0.1, -0.05) is 30.3 Å². The van der Waals surface area contributed by atoms with E-state index in [1.54, 1.807) is 7.11 Å². The molecule has 1 fully saturated rings. The third-order valence-electron chi connectivity index (χ3n) is 5.10. The molecular formula is C21H25N5OS. The maximum Gasteiger partial charge on any atom is 0.217 e. The van der Waals surface area contributed by atoms with Crippen molar-refractivity contribution in [3.8, 4) is 17.1 Å². The molecule has 2 aromatic carbocycles. The molecule has 0 saturated carbocycles. The Bertz CT molecular complexity index is 943. The number of benzene rings is 2. The molecule has 1 aromatic heterocycles. The van der Waals surface area contributed by atoms with E-state index in [4.69, 9.17) is 17.0 Å². The van der Waals surface area contributed by atoms with E-state index in [-0.39, 0.29) is 0 Å². The zero-order valence-corrected chi connectivity index (χ0v) is 16.9. The van der Waals surface area contributed by atoms with Crippen molar-refractivity contribution in [1.29, 1.82) is 0 Å². The van der Waals surface area contributed by atoms with Gasteiger partial charge in [0.25, 0.3) is 0 Å². The molecule has 0 aliphatic carbocycles. The SMILES string of the molecule is COc1ccc(-c2nc(=S)n(CN3CCN(Cc4ccccc4)CC3)[nH]2)cc1. The minimum Gasteiger partial charge on any atom is -0.497 e. The van der Waals surface area contributed by atoms with Gasteiger partial charge in [0.1, 0.15) is 5.75 Å². The highest BCUT2D eigenvalue weighted by Gasteiger charge is 2.18. The van der Waals surface area contributed by atoms with Crippen LogP contribution in [0.4, 0.5) is 0 Å². The van der Waals surface area contributed by atoms with Crippen LogP contribution in [-0.2, 0) is 13.2 Å². The molecule has 0 spiro atoms. The third-order valence-corrected chi connectivity index (χ3v) is 5.41. The molecule has 1 saturated heterocycles. The fourth-order valence-electron chi connectivity index (χ4n) is 3.46. The van der Waals surface area contributed by atoms with Crippen LogP contribution in [0.25, 0.3) is 11.4 Å². The van der Waals surface area contributed by atoms with Crippen LogP contribution in [0.1, 0.15) is 5.56 Å². The minimum absolute atomic E-state index is 0.581. The highest BCUT2D eigenvalue weighted by atomic mass is 32.1. The van der Waals surface area contributed by atoms with Crippen molar-refractivity contribution < 1.29 is 4.74 Å². The smallest absolute Gasteiger partial charge is 0.217 e. The Morgan fingerprint density at radius 3 is 2.32 bits per heavy atom. The number of aromatic nitrogens is 3. The van der Waals surface area contributed by atoms with Crippen LogP contribution in [0.5, 0.6) is 5.75 Å². The molecule has 0 amide bonds. The minimum atomic E-state index is 0.581. The van der Waals surface area contributed by atoms with Crippen molar-refractivity contribution in [2.45, 2.75) is 13.2 Å². The first-order chi connectivity index (χ1) is 13.7. The van der Waals surface area contributed by atoms with E-state index in [9.17, 15) is 0 Å². The van der Waals surface area contributed by atoms with Gasteiger partial charge in [0.05, 0.1) is 13.8 Å². The largest absolute Gasteiger partial charge is 0.497 e. The number of nitrogens with zero attached hydrogens (tertiary/aromatic N) is 4. The van der Waals surface area contributed by atoms with Crippen molar-refractivity contribution in [1.82, 2.24) is 24.6 Å². The van der Waals surface area contributed by atoms with E-state index in [0.717, 1.165) is 56.5 Å². The van der Waals surface area contributed by atoms with E-state index in [1.165, 1.54) is 5.56 Å². The van der Waals surface area contributed by atoms with Gasteiger partial charge >= 0.3 is 0 Å². The Hall–Kier alpha value is -2.48. The van der Waals surface area contributed by atoms with E-state index in [0.29, 0.717) is 4.77 Å². The second kappa shape index (κ2) is 8.68. The molecule has 4 rings (SSSR count). The lowest BCUT2D eigenvalue weighted by atomic mass is 10.2. The summed E-state index contributed by atoms with van der Waals surface area (Å²) in [6, 6.07) is 18.5. The first-order valence-corrected chi connectivity index (χ1v) is 9.92. The van der Waals surface area contributed by atoms with Gasteiger partial charge in [-0.05, 0) is 42.0 Å². The number of aromatic amines is 1. The normalized spacial score (nSPS) is 15.6. The standard InChI is InChI=1S/C21H25N5OS/c1-27-19-9-7-18(8-10-19)20-22-21(28)26(23-20)16-25-13-11-24(12-14-25)15-17-5-3-2-4-6-17/h2-10H,11-16H2,1H3,(H,22,23,28). The number of hydrogen-bond donors (Lipinski definition) is 1. The molecule has 1 N–H and O–H groups in total. The lowest BCUT2D eigenvalue weighted by Gasteiger charge is -2.34. The Labute approximate surface area is 170 Å². The van der Waals surface area contributed by atoms with E-state index in [1.807, 2.05) is 28.9 Å². The van der Waals surface area contributed by atoms with Crippen LogP contribution in [0.2, 0.25) is 0 Å². The second-order valence-electron chi connectivity index (χ2n) is 7.03. The predicted molar refractivity (Wildman–Crippen MR) is 113 cm³/mol. The maximum atomic E-state index is 5.46. The summed E-state index contributed by atoms with van der Waals surface area (Å²) >= 11 is 5.46. The Morgan fingerprint density at radius 2 is 1.64 bits per heavy atom. The predicted octanol–water partition coefficient (Wildman–Crippen LogP) is 3.39. The molecule has 0 radical (unpaired) electrons. The Kier molecular flexibility index (Phi) is 5.85. The van der Waals surface area contributed by atoms with Crippen molar-refractivity contribution in [3.63, 3.8) is 0 Å². The highest BCUT2D eigenvalue weighted by molar-refractivity contribution is 7.71. The molecular weight excluding hydrogens is 370 g/mol. The average Bonchev–Trinajstić information content (AvgIpc) is 3.10. The lowest BCUT2D eigenvalue weighted by molar-refractivity contribution is 0.0982. The summed E-state index contributed by atoms with van der Waals surface area (Å²) in [4.78, 5) is 9.43. The van der Waals surface area contributed by atoms with Gasteiger partial charge < -0.3 is 4.74 Å². The van der Waals surface area contributed by atoms with Crippen molar-refractivity contribution >= 4 is 12.2 Å². The number of ether oxygens (including phenoxy) is 1. The zero-order chi connectivity index (χ0) is 19.3. The number of hydrogen-bond acceptors (Lipinski definition) is 5. The highest BCUT2D eigenvalue weighted by Crippen LogP contribution is 2.19. The van der Waals surface area contributed by atoms with Gasteiger partial charge in [0.15, 0.2) is 5.82 Å². The van der Waals surface area contributed by atoms with Crippen LogP contribution in [0.15, 0.2) is 54.6 Å². The first-order valence-electron chi connectivity index (χ1n) is 9.51.